The Morgan fingerprint density at radius 2 is 1.91 bits per heavy atom. The van der Waals surface area contributed by atoms with E-state index in [0.717, 1.165) is 6.26 Å². The van der Waals surface area contributed by atoms with Crippen LogP contribution in [0.15, 0.2) is 18.2 Å². The second kappa shape index (κ2) is 7.97. The predicted octanol–water partition coefficient (Wildman–Crippen LogP) is 0.370. The molecule has 0 atom stereocenters. The molecule has 0 fully saturated rings. The number of hydrogen-bond acceptors (Lipinski definition) is 4. The number of sulfonamides is 1. The molecule has 0 spiro atoms. The van der Waals surface area contributed by atoms with Gasteiger partial charge in [-0.3, -0.25) is 4.79 Å². The van der Waals surface area contributed by atoms with Crippen LogP contribution >= 0.6 is 11.6 Å². The minimum absolute atomic E-state index is 0.0797. The van der Waals surface area contributed by atoms with Crippen molar-refractivity contribution >= 4 is 39.2 Å². The Bertz CT molecular complexity index is 663. The standard InChI is InChI=1S/C12H17ClN4O4S/c1-14-11(18)9-7-8(3-4-10(9)13)17-12(19)15-5-6-16-22(2,20)21/h3-4,7,16H,5-6H2,1-2H3,(H,14,18)(H2,15,17,19). The topological polar surface area (TPSA) is 116 Å². The van der Waals surface area contributed by atoms with Crippen LogP contribution in [0.2, 0.25) is 5.02 Å². The highest BCUT2D eigenvalue weighted by atomic mass is 35.5. The smallest absolute Gasteiger partial charge is 0.319 e. The molecule has 0 aliphatic heterocycles. The number of carbonyl (C=O) groups is 2. The van der Waals surface area contributed by atoms with E-state index in [0.29, 0.717) is 5.69 Å². The molecule has 8 nitrogen and oxygen atoms in total. The summed E-state index contributed by atoms with van der Waals surface area (Å²) in [6.07, 6.45) is 1.03. The van der Waals surface area contributed by atoms with Crippen molar-refractivity contribution in [1.82, 2.24) is 15.4 Å². The number of halogens is 1. The molecule has 0 saturated heterocycles. The molecule has 10 heteroatoms. The molecule has 122 valence electrons. The third kappa shape index (κ3) is 6.29. The maximum atomic E-state index is 11.6. The van der Waals surface area contributed by atoms with Crippen molar-refractivity contribution in [2.75, 3.05) is 31.7 Å². The number of carbonyl (C=O) groups excluding carboxylic acids is 2. The molecule has 0 bridgehead atoms. The van der Waals surface area contributed by atoms with E-state index in [1.165, 1.54) is 19.2 Å². The Balaban J connectivity index is 2.56. The number of rotatable bonds is 6. The fourth-order valence-corrected chi connectivity index (χ4v) is 2.18. The summed E-state index contributed by atoms with van der Waals surface area (Å²) in [6.45, 7) is 0.200. The highest BCUT2D eigenvalue weighted by molar-refractivity contribution is 7.88. The van der Waals surface area contributed by atoms with E-state index in [-0.39, 0.29) is 29.6 Å². The second-order valence-corrected chi connectivity index (χ2v) is 6.56. The van der Waals surface area contributed by atoms with Gasteiger partial charge in [0.1, 0.15) is 0 Å². The van der Waals surface area contributed by atoms with Gasteiger partial charge in [-0.2, -0.15) is 0 Å². The number of hydrogen-bond donors (Lipinski definition) is 4. The van der Waals surface area contributed by atoms with Crippen molar-refractivity contribution < 1.29 is 18.0 Å². The fraction of sp³-hybridized carbons (Fsp3) is 0.333. The third-order valence-corrected chi connectivity index (χ3v) is 3.53. The molecule has 1 aromatic rings. The molecule has 0 radical (unpaired) electrons. The average Bonchev–Trinajstić information content (AvgIpc) is 2.44. The summed E-state index contributed by atoms with van der Waals surface area (Å²) in [5.74, 6) is -0.369. The fourth-order valence-electron chi connectivity index (χ4n) is 1.50. The van der Waals surface area contributed by atoms with Crippen molar-refractivity contribution in [3.8, 4) is 0 Å². The molecule has 1 rings (SSSR count). The summed E-state index contributed by atoms with van der Waals surface area (Å²) < 4.78 is 23.9. The van der Waals surface area contributed by atoms with Crippen LogP contribution in [0.25, 0.3) is 0 Å². The number of amides is 3. The predicted molar refractivity (Wildman–Crippen MR) is 84.7 cm³/mol. The summed E-state index contributed by atoms with van der Waals surface area (Å²) in [6, 6.07) is 3.95. The number of benzene rings is 1. The first-order valence-corrected chi connectivity index (χ1v) is 8.51. The molecule has 0 saturated carbocycles. The molecule has 0 aromatic heterocycles. The summed E-state index contributed by atoms with van der Waals surface area (Å²) >= 11 is 5.90. The molecule has 0 heterocycles. The lowest BCUT2D eigenvalue weighted by Gasteiger charge is -2.10. The SMILES string of the molecule is CNC(=O)c1cc(NC(=O)NCCNS(C)(=O)=O)ccc1Cl. The molecule has 4 N–H and O–H groups in total. The number of anilines is 1. The summed E-state index contributed by atoms with van der Waals surface area (Å²) in [4.78, 5) is 23.2. The van der Waals surface area contributed by atoms with E-state index in [2.05, 4.69) is 20.7 Å². The van der Waals surface area contributed by atoms with Crippen molar-refractivity contribution in [3.63, 3.8) is 0 Å². The maximum absolute atomic E-state index is 11.6. The Kier molecular flexibility index (Phi) is 6.60. The van der Waals surface area contributed by atoms with E-state index in [9.17, 15) is 18.0 Å². The lowest BCUT2D eigenvalue weighted by Crippen LogP contribution is -2.36. The molecular weight excluding hydrogens is 332 g/mol. The van der Waals surface area contributed by atoms with Crippen LogP contribution in [-0.4, -0.2) is 46.7 Å². The molecule has 22 heavy (non-hydrogen) atoms. The van der Waals surface area contributed by atoms with Gasteiger partial charge in [-0.1, -0.05) is 11.6 Å². The van der Waals surface area contributed by atoms with E-state index in [1.54, 1.807) is 6.07 Å². The van der Waals surface area contributed by atoms with E-state index in [4.69, 9.17) is 11.6 Å². The lowest BCUT2D eigenvalue weighted by atomic mass is 10.2. The van der Waals surface area contributed by atoms with Crippen LogP contribution in [0.3, 0.4) is 0 Å². The first-order chi connectivity index (χ1) is 10.2. The van der Waals surface area contributed by atoms with Crippen LogP contribution in [-0.2, 0) is 10.0 Å². The van der Waals surface area contributed by atoms with Crippen molar-refractivity contribution in [2.24, 2.45) is 0 Å². The third-order valence-electron chi connectivity index (χ3n) is 2.47. The van der Waals surface area contributed by atoms with Gasteiger partial charge in [0, 0.05) is 25.8 Å². The molecule has 1 aromatic carbocycles. The van der Waals surface area contributed by atoms with Gasteiger partial charge in [0.05, 0.1) is 16.8 Å². The monoisotopic (exact) mass is 348 g/mol. The van der Waals surface area contributed by atoms with Crippen molar-refractivity contribution in [2.45, 2.75) is 0 Å². The quantitative estimate of drug-likeness (QED) is 0.556. The van der Waals surface area contributed by atoms with Gasteiger partial charge in [-0.15, -0.1) is 0 Å². The Labute approximate surface area is 133 Å². The molecule has 0 unspecified atom stereocenters. The van der Waals surface area contributed by atoms with E-state index < -0.39 is 16.1 Å². The molecule has 3 amide bonds. The first kappa shape index (κ1) is 18.2. The average molecular weight is 349 g/mol. The highest BCUT2D eigenvalue weighted by Gasteiger charge is 2.10. The van der Waals surface area contributed by atoms with Gasteiger partial charge >= 0.3 is 6.03 Å². The summed E-state index contributed by atoms with van der Waals surface area (Å²) in [5.41, 5.74) is 0.622. The van der Waals surface area contributed by atoms with Gasteiger partial charge in [0.15, 0.2) is 0 Å². The van der Waals surface area contributed by atoms with Crippen LogP contribution in [0.1, 0.15) is 10.4 Å². The van der Waals surface area contributed by atoms with Gasteiger partial charge in [-0.05, 0) is 18.2 Å². The normalized spacial score (nSPS) is 10.9. The molecular formula is C12H17ClN4O4S. The highest BCUT2D eigenvalue weighted by Crippen LogP contribution is 2.20. The molecule has 0 aliphatic carbocycles. The zero-order valence-electron chi connectivity index (χ0n) is 12.1. The van der Waals surface area contributed by atoms with Crippen LogP contribution in [0.5, 0.6) is 0 Å². The van der Waals surface area contributed by atoms with Crippen LogP contribution in [0.4, 0.5) is 10.5 Å². The largest absolute Gasteiger partial charge is 0.355 e. The minimum Gasteiger partial charge on any atom is -0.355 e. The van der Waals surface area contributed by atoms with Crippen molar-refractivity contribution in [1.29, 1.82) is 0 Å². The zero-order valence-corrected chi connectivity index (χ0v) is 13.6. The Morgan fingerprint density at radius 1 is 1.23 bits per heavy atom. The Hall–Kier alpha value is -1.84. The van der Waals surface area contributed by atoms with Gasteiger partial charge in [0.2, 0.25) is 10.0 Å². The lowest BCUT2D eigenvalue weighted by molar-refractivity contribution is 0.0963. The summed E-state index contributed by atoms with van der Waals surface area (Å²) in [5, 5.41) is 7.70. The van der Waals surface area contributed by atoms with Gasteiger partial charge in [0.25, 0.3) is 5.91 Å². The molecule has 0 aliphatic rings. The Morgan fingerprint density at radius 3 is 2.50 bits per heavy atom. The number of urea groups is 1. The minimum atomic E-state index is -3.28. The van der Waals surface area contributed by atoms with Gasteiger partial charge < -0.3 is 16.0 Å². The van der Waals surface area contributed by atoms with Crippen molar-refractivity contribution in [3.05, 3.63) is 28.8 Å². The zero-order chi connectivity index (χ0) is 16.8. The van der Waals surface area contributed by atoms with Crippen LogP contribution in [0, 0.1) is 0 Å². The van der Waals surface area contributed by atoms with E-state index >= 15 is 0 Å². The first-order valence-electron chi connectivity index (χ1n) is 6.24. The van der Waals surface area contributed by atoms with Gasteiger partial charge in [-0.25, -0.2) is 17.9 Å². The second-order valence-electron chi connectivity index (χ2n) is 4.32. The summed E-state index contributed by atoms with van der Waals surface area (Å²) in [7, 11) is -1.81. The number of nitrogens with one attached hydrogen (secondary N) is 4. The van der Waals surface area contributed by atoms with Crippen LogP contribution < -0.4 is 20.7 Å². The maximum Gasteiger partial charge on any atom is 0.319 e. The van der Waals surface area contributed by atoms with E-state index in [1.807, 2.05) is 0 Å².